The zero-order chi connectivity index (χ0) is 6.69. The van der Waals surface area contributed by atoms with Gasteiger partial charge in [0.05, 0.1) is 25.5 Å². The van der Waals surface area contributed by atoms with E-state index in [-0.39, 0.29) is 13.2 Å². The van der Waals surface area contributed by atoms with Crippen molar-refractivity contribution in [3.8, 4) is 0 Å². The number of hydrogen-bond acceptors (Lipinski definition) is 4. The summed E-state index contributed by atoms with van der Waals surface area (Å²) in [6.07, 6.45) is -0.438. The van der Waals surface area contributed by atoms with Gasteiger partial charge in [0, 0.05) is 0 Å². The molecule has 9 heavy (non-hydrogen) atoms. The Morgan fingerprint density at radius 1 is 1.67 bits per heavy atom. The zero-order valence-electron chi connectivity index (χ0n) is 4.95. The Labute approximate surface area is 52.8 Å². The summed E-state index contributed by atoms with van der Waals surface area (Å²) >= 11 is 0. The lowest BCUT2D eigenvalue weighted by molar-refractivity contribution is 0.0560. The van der Waals surface area contributed by atoms with Crippen LogP contribution in [0.3, 0.4) is 0 Å². The summed E-state index contributed by atoms with van der Waals surface area (Å²) in [7, 11) is 0. The van der Waals surface area contributed by atoms with Crippen molar-refractivity contribution in [2.75, 3.05) is 19.8 Å². The molecule has 0 aromatic rings. The molecule has 0 aliphatic carbocycles. The minimum atomic E-state index is -0.438. The third-order valence-corrected chi connectivity index (χ3v) is 1.11. The van der Waals surface area contributed by atoms with Crippen LogP contribution in [-0.4, -0.2) is 42.0 Å². The molecule has 1 aliphatic heterocycles. The minimum absolute atomic E-state index is 0.0729. The summed E-state index contributed by atoms with van der Waals surface area (Å²) in [5.74, 6) is 0. The Kier molecular flexibility index (Phi) is 2.16. The molecule has 2 N–H and O–H groups in total. The van der Waals surface area contributed by atoms with Crippen LogP contribution in [0.5, 0.6) is 0 Å². The summed E-state index contributed by atoms with van der Waals surface area (Å²) in [6, 6.07) is 0. The smallest absolute Gasteiger partial charge is 0.171 e. The fourth-order valence-electron chi connectivity index (χ4n) is 0.651. The lowest BCUT2D eigenvalue weighted by Gasteiger charge is -1.98. The lowest BCUT2D eigenvalue weighted by Crippen LogP contribution is -2.09. The van der Waals surface area contributed by atoms with Gasteiger partial charge in [-0.1, -0.05) is 0 Å². The summed E-state index contributed by atoms with van der Waals surface area (Å²) < 4.78 is 4.89. The highest BCUT2D eigenvalue weighted by atomic mass is 16.5. The van der Waals surface area contributed by atoms with Gasteiger partial charge in [-0.05, 0) is 0 Å². The fourth-order valence-corrected chi connectivity index (χ4v) is 0.651. The Morgan fingerprint density at radius 3 is 2.78 bits per heavy atom. The zero-order valence-corrected chi connectivity index (χ0v) is 4.95. The van der Waals surface area contributed by atoms with E-state index in [9.17, 15) is 0 Å². The van der Waals surface area contributed by atoms with Crippen molar-refractivity contribution in [2.24, 2.45) is 4.99 Å². The lowest BCUT2D eigenvalue weighted by atomic mass is 10.4. The van der Waals surface area contributed by atoms with Crippen LogP contribution in [-0.2, 0) is 4.74 Å². The fraction of sp³-hybridized carbons (Fsp3) is 0.800. The number of aliphatic imine (C=N–C) groups is 1. The summed E-state index contributed by atoms with van der Waals surface area (Å²) in [5, 5.41) is 17.0. The standard InChI is InChI=1S/C5H9NO3/c7-1-4-3-9-5(2-8)6-4/h5,7-8H,1-3H2. The van der Waals surface area contributed by atoms with E-state index in [1.165, 1.54) is 0 Å². The Balaban J connectivity index is 2.40. The molecule has 0 saturated heterocycles. The van der Waals surface area contributed by atoms with Gasteiger partial charge >= 0.3 is 0 Å². The van der Waals surface area contributed by atoms with E-state index in [0.717, 1.165) is 0 Å². The quantitative estimate of drug-likeness (QED) is 0.493. The molecule has 4 heteroatoms. The molecule has 1 rings (SSSR count). The molecule has 0 aromatic heterocycles. The molecule has 52 valence electrons. The molecule has 0 fully saturated rings. The molecule has 1 heterocycles. The van der Waals surface area contributed by atoms with Gasteiger partial charge in [-0.2, -0.15) is 0 Å². The molecule has 0 radical (unpaired) electrons. The second-order valence-electron chi connectivity index (χ2n) is 1.80. The average molecular weight is 131 g/mol. The first-order chi connectivity index (χ1) is 4.36. The molecular formula is C5H9NO3. The van der Waals surface area contributed by atoms with E-state index in [0.29, 0.717) is 12.3 Å². The van der Waals surface area contributed by atoms with E-state index >= 15 is 0 Å². The number of hydrogen-bond donors (Lipinski definition) is 2. The van der Waals surface area contributed by atoms with Crippen LogP contribution >= 0.6 is 0 Å². The predicted molar refractivity (Wildman–Crippen MR) is 31.3 cm³/mol. The molecular weight excluding hydrogens is 122 g/mol. The van der Waals surface area contributed by atoms with E-state index in [1.54, 1.807) is 0 Å². The molecule has 1 atom stereocenters. The topological polar surface area (TPSA) is 62.1 Å². The normalized spacial score (nSPS) is 26.4. The van der Waals surface area contributed by atoms with Crippen LogP contribution in [0.4, 0.5) is 0 Å². The van der Waals surface area contributed by atoms with Crippen LogP contribution in [0, 0.1) is 0 Å². The second-order valence-corrected chi connectivity index (χ2v) is 1.80. The van der Waals surface area contributed by atoms with Crippen LogP contribution < -0.4 is 0 Å². The molecule has 4 nitrogen and oxygen atoms in total. The van der Waals surface area contributed by atoms with Gasteiger partial charge in [0.25, 0.3) is 0 Å². The van der Waals surface area contributed by atoms with Gasteiger partial charge in [0.2, 0.25) is 0 Å². The highest BCUT2D eigenvalue weighted by Crippen LogP contribution is 2.02. The van der Waals surface area contributed by atoms with Gasteiger partial charge in [-0.3, -0.25) is 4.99 Å². The van der Waals surface area contributed by atoms with Gasteiger partial charge in [0.1, 0.15) is 0 Å². The maximum Gasteiger partial charge on any atom is 0.171 e. The molecule has 0 amide bonds. The van der Waals surface area contributed by atoms with Gasteiger partial charge in [-0.25, -0.2) is 0 Å². The van der Waals surface area contributed by atoms with Crippen molar-refractivity contribution in [1.82, 2.24) is 0 Å². The molecule has 0 spiro atoms. The number of aliphatic hydroxyl groups excluding tert-OH is 2. The third kappa shape index (κ3) is 1.48. The van der Waals surface area contributed by atoms with E-state index < -0.39 is 6.23 Å². The molecule has 0 saturated carbocycles. The van der Waals surface area contributed by atoms with E-state index in [1.807, 2.05) is 0 Å². The largest absolute Gasteiger partial charge is 0.392 e. The third-order valence-electron chi connectivity index (χ3n) is 1.11. The molecule has 1 aliphatic rings. The van der Waals surface area contributed by atoms with E-state index in [2.05, 4.69) is 4.99 Å². The molecule has 0 aromatic carbocycles. The van der Waals surface area contributed by atoms with Gasteiger partial charge in [-0.15, -0.1) is 0 Å². The number of ether oxygens (including phenoxy) is 1. The Hall–Kier alpha value is -0.450. The van der Waals surface area contributed by atoms with Crippen LogP contribution in [0.2, 0.25) is 0 Å². The maximum absolute atomic E-state index is 8.49. The summed E-state index contributed by atoms with van der Waals surface area (Å²) in [4.78, 5) is 3.82. The molecule has 1 unspecified atom stereocenters. The SMILES string of the molecule is OCC1=NC(CO)OC1. The average Bonchev–Trinajstić information content (AvgIpc) is 2.34. The van der Waals surface area contributed by atoms with Crippen molar-refractivity contribution in [2.45, 2.75) is 6.23 Å². The van der Waals surface area contributed by atoms with Crippen molar-refractivity contribution in [1.29, 1.82) is 0 Å². The van der Waals surface area contributed by atoms with Crippen LogP contribution in [0.15, 0.2) is 4.99 Å². The van der Waals surface area contributed by atoms with Crippen LogP contribution in [0.25, 0.3) is 0 Å². The van der Waals surface area contributed by atoms with Gasteiger partial charge < -0.3 is 14.9 Å². The van der Waals surface area contributed by atoms with Crippen molar-refractivity contribution in [3.63, 3.8) is 0 Å². The predicted octanol–water partition coefficient (Wildman–Crippen LogP) is -1.23. The van der Waals surface area contributed by atoms with Crippen molar-refractivity contribution in [3.05, 3.63) is 0 Å². The Bertz CT molecular complexity index is 123. The highest BCUT2D eigenvalue weighted by Gasteiger charge is 2.14. The van der Waals surface area contributed by atoms with Gasteiger partial charge in [0.15, 0.2) is 6.23 Å². The molecule has 0 bridgehead atoms. The summed E-state index contributed by atoms with van der Waals surface area (Å²) in [6.45, 7) is 0.168. The van der Waals surface area contributed by atoms with E-state index in [4.69, 9.17) is 14.9 Å². The number of rotatable bonds is 2. The van der Waals surface area contributed by atoms with Crippen molar-refractivity contribution >= 4 is 5.71 Å². The monoisotopic (exact) mass is 131 g/mol. The number of nitrogens with zero attached hydrogens (tertiary/aromatic N) is 1. The Morgan fingerprint density at radius 2 is 2.44 bits per heavy atom. The summed E-state index contributed by atoms with van der Waals surface area (Å²) in [5.41, 5.74) is 0.606. The second kappa shape index (κ2) is 2.91. The minimum Gasteiger partial charge on any atom is -0.392 e. The number of aliphatic hydroxyl groups is 2. The highest BCUT2D eigenvalue weighted by molar-refractivity contribution is 5.87. The first-order valence-electron chi connectivity index (χ1n) is 2.75. The first-order valence-corrected chi connectivity index (χ1v) is 2.75. The first kappa shape index (κ1) is 6.67. The van der Waals surface area contributed by atoms with Crippen molar-refractivity contribution < 1.29 is 14.9 Å². The maximum atomic E-state index is 8.49. The van der Waals surface area contributed by atoms with Crippen LogP contribution in [0.1, 0.15) is 0 Å².